The molecule has 3 amide bonds. The highest BCUT2D eigenvalue weighted by Crippen LogP contribution is 2.36. The van der Waals surface area contributed by atoms with Gasteiger partial charge >= 0.3 is 6.03 Å². The number of amides is 3. The number of hydrogen-bond acceptors (Lipinski definition) is 5. The van der Waals surface area contributed by atoms with Crippen molar-refractivity contribution in [3.63, 3.8) is 0 Å². The monoisotopic (exact) mass is 426 g/mol. The van der Waals surface area contributed by atoms with Crippen molar-refractivity contribution in [2.45, 2.75) is 13.0 Å². The van der Waals surface area contributed by atoms with Crippen molar-refractivity contribution in [2.24, 2.45) is 0 Å². The molecule has 166 valence electrons. The number of nitrogens with zero attached hydrogens (tertiary/aromatic N) is 3. The highest BCUT2D eigenvalue weighted by molar-refractivity contribution is 6.01. The van der Waals surface area contributed by atoms with Gasteiger partial charge in [-0.3, -0.25) is 14.6 Å². The molecular formula is C23H30N4O4. The Kier molecular flexibility index (Phi) is 6.58. The highest BCUT2D eigenvalue weighted by atomic mass is 16.5. The van der Waals surface area contributed by atoms with E-state index in [2.05, 4.69) is 16.8 Å². The van der Waals surface area contributed by atoms with E-state index in [1.54, 1.807) is 11.0 Å². The van der Waals surface area contributed by atoms with Gasteiger partial charge in [0.15, 0.2) is 0 Å². The summed E-state index contributed by atoms with van der Waals surface area (Å²) in [6.07, 6.45) is 1.68. The Hall–Kier alpha value is -2.84. The molecule has 1 N–H and O–H groups in total. The predicted octanol–water partition coefficient (Wildman–Crippen LogP) is 1.77. The third-order valence-electron chi connectivity index (χ3n) is 5.92. The Morgan fingerprint density at radius 3 is 2.61 bits per heavy atom. The minimum Gasteiger partial charge on any atom is -0.494 e. The molecule has 31 heavy (non-hydrogen) atoms. The first-order valence-corrected chi connectivity index (χ1v) is 10.9. The van der Waals surface area contributed by atoms with Crippen LogP contribution in [0, 0.1) is 0 Å². The molecule has 0 aliphatic carbocycles. The molecule has 3 aliphatic rings. The van der Waals surface area contributed by atoms with Crippen molar-refractivity contribution < 1.29 is 19.1 Å². The zero-order chi connectivity index (χ0) is 21.8. The van der Waals surface area contributed by atoms with Crippen molar-refractivity contribution in [3.05, 3.63) is 53.8 Å². The predicted molar refractivity (Wildman–Crippen MR) is 117 cm³/mol. The van der Waals surface area contributed by atoms with Gasteiger partial charge in [0, 0.05) is 32.7 Å². The van der Waals surface area contributed by atoms with Gasteiger partial charge in [0.05, 0.1) is 43.7 Å². The highest BCUT2D eigenvalue weighted by Gasteiger charge is 2.43. The number of rotatable bonds is 8. The van der Waals surface area contributed by atoms with Crippen LogP contribution in [0.25, 0.3) is 0 Å². The second-order valence-electron chi connectivity index (χ2n) is 7.82. The van der Waals surface area contributed by atoms with Crippen LogP contribution in [0.15, 0.2) is 48.2 Å². The zero-order valence-corrected chi connectivity index (χ0v) is 18.0. The lowest BCUT2D eigenvalue weighted by Gasteiger charge is -2.33. The molecule has 0 saturated carbocycles. The molecule has 1 aromatic rings. The molecular weight excluding hydrogens is 396 g/mol. The largest absolute Gasteiger partial charge is 0.494 e. The van der Waals surface area contributed by atoms with Crippen LogP contribution in [0.4, 0.5) is 4.79 Å². The van der Waals surface area contributed by atoms with Gasteiger partial charge in [-0.15, -0.1) is 6.58 Å². The van der Waals surface area contributed by atoms with E-state index in [1.807, 2.05) is 36.1 Å². The number of ether oxygens (including phenoxy) is 2. The molecule has 0 aromatic heterocycles. The van der Waals surface area contributed by atoms with Gasteiger partial charge in [0.2, 0.25) is 0 Å². The maximum atomic E-state index is 13.4. The quantitative estimate of drug-likeness (QED) is 0.642. The van der Waals surface area contributed by atoms with E-state index in [4.69, 9.17) is 9.47 Å². The molecule has 0 unspecified atom stereocenters. The van der Waals surface area contributed by atoms with Crippen LogP contribution in [0.5, 0.6) is 5.75 Å². The summed E-state index contributed by atoms with van der Waals surface area (Å²) < 4.78 is 10.9. The Morgan fingerprint density at radius 1 is 1.19 bits per heavy atom. The van der Waals surface area contributed by atoms with Crippen LogP contribution in [0.1, 0.15) is 18.5 Å². The number of urea groups is 1. The molecule has 8 nitrogen and oxygen atoms in total. The van der Waals surface area contributed by atoms with E-state index in [9.17, 15) is 9.59 Å². The fourth-order valence-electron chi connectivity index (χ4n) is 4.31. The molecule has 1 atom stereocenters. The first kappa shape index (κ1) is 21.4. The van der Waals surface area contributed by atoms with Gasteiger partial charge in [-0.25, -0.2) is 4.79 Å². The Bertz CT molecular complexity index is 861. The second-order valence-corrected chi connectivity index (χ2v) is 7.82. The molecule has 8 heteroatoms. The van der Waals surface area contributed by atoms with Gasteiger partial charge < -0.3 is 19.7 Å². The molecule has 3 heterocycles. The Morgan fingerprint density at radius 2 is 1.94 bits per heavy atom. The summed E-state index contributed by atoms with van der Waals surface area (Å²) in [7, 11) is 0. The lowest BCUT2D eigenvalue weighted by molar-refractivity contribution is -0.126. The number of carbonyl (C=O) groups excluding carboxylic acids is 2. The number of nitrogens with one attached hydrogen (secondary N) is 1. The summed E-state index contributed by atoms with van der Waals surface area (Å²) in [6.45, 7) is 11.7. The second kappa shape index (κ2) is 9.53. The summed E-state index contributed by atoms with van der Waals surface area (Å²) >= 11 is 0. The van der Waals surface area contributed by atoms with Gasteiger partial charge in [-0.2, -0.15) is 0 Å². The van der Waals surface area contributed by atoms with Crippen molar-refractivity contribution >= 4 is 11.9 Å². The van der Waals surface area contributed by atoms with Crippen LogP contribution in [0.3, 0.4) is 0 Å². The zero-order valence-electron chi connectivity index (χ0n) is 18.0. The van der Waals surface area contributed by atoms with Gasteiger partial charge in [-0.05, 0) is 24.6 Å². The van der Waals surface area contributed by atoms with Crippen LogP contribution in [0.2, 0.25) is 0 Å². The van der Waals surface area contributed by atoms with E-state index in [1.165, 1.54) is 0 Å². The summed E-state index contributed by atoms with van der Waals surface area (Å²) in [5, 5.41) is 3.01. The molecule has 1 saturated heterocycles. The van der Waals surface area contributed by atoms with E-state index in [0.717, 1.165) is 49.9 Å². The maximum Gasteiger partial charge on any atom is 0.322 e. The molecule has 4 rings (SSSR count). The molecule has 0 bridgehead atoms. The molecule has 1 aromatic carbocycles. The lowest BCUT2D eigenvalue weighted by atomic mass is 9.95. The first-order valence-electron chi connectivity index (χ1n) is 10.9. The number of morpholine rings is 1. The third kappa shape index (κ3) is 4.45. The topological polar surface area (TPSA) is 74.4 Å². The molecule has 1 fully saturated rings. The first-order chi connectivity index (χ1) is 15.1. The van der Waals surface area contributed by atoms with Crippen molar-refractivity contribution in [2.75, 3.05) is 59.1 Å². The fourth-order valence-corrected chi connectivity index (χ4v) is 4.31. The molecule has 0 spiro atoms. The average molecular weight is 427 g/mol. The number of benzene rings is 1. The van der Waals surface area contributed by atoms with Gasteiger partial charge in [0.1, 0.15) is 5.75 Å². The third-order valence-corrected chi connectivity index (χ3v) is 5.92. The average Bonchev–Trinajstić information content (AvgIpc) is 3.12. The summed E-state index contributed by atoms with van der Waals surface area (Å²) in [5.41, 5.74) is 2.29. The van der Waals surface area contributed by atoms with Crippen LogP contribution >= 0.6 is 0 Å². The van der Waals surface area contributed by atoms with Crippen LogP contribution in [-0.4, -0.2) is 85.7 Å². The molecule has 0 radical (unpaired) electrons. The smallest absolute Gasteiger partial charge is 0.322 e. The van der Waals surface area contributed by atoms with Gasteiger partial charge in [0.25, 0.3) is 5.91 Å². The normalized spacial score (nSPS) is 21.9. The van der Waals surface area contributed by atoms with Crippen molar-refractivity contribution in [1.82, 2.24) is 20.0 Å². The van der Waals surface area contributed by atoms with E-state index in [0.29, 0.717) is 31.8 Å². The maximum absolute atomic E-state index is 13.4. The van der Waals surface area contributed by atoms with Gasteiger partial charge in [-0.1, -0.05) is 18.2 Å². The summed E-state index contributed by atoms with van der Waals surface area (Å²) in [6, 6.07) is 6.88. The number of carbonyl (C=O) groups is 2. The van der Waals surface area contributed by atoms with Crippen molar-refractivity contribution in [3.8, 4) is 5.75 Å². The minimum atomic E-state index is -0.472. The van der Waals surface area contributed by atoms with Crippen molar-refractivity contribution in [1.29, 1.82) is 0 Å². The SMILES string of the molecule is C=CCN1C(=O)N[C@@H](c2ccc(OCC)cc2)C2=C1CN(CCN1CCOCC1)C2=O. The Labute approximate surface area is 183 Å². The van der Waals surface area contributed by atoms with E-state index >= 15 is 0 Å². The standard InChI is InChI=1S/C23H30N4O4/c1-3-9-27-19-16-26(11-10-25-12-14-30-15-13-25)22(28)20(19)21(24-23(27)29)17-5-7-18(8-6-17)31-4-2/h3,5-8,21H,1,4,9-16H2,2H3,(H,24,29)/t21-/m0/s1. The fraction of sp³-hybridized carbons (Fsp3) is 0.478. The van der Waals surface area contributed by atoms with E-state index < -0.39 is 6.04 Å². The molecule has 3 aliphatic heterocycles. The number of hydrogen-bond donors (Lipinski definition) is 1. The van der Waals surface area contributed by atoms with Crippen LogP contribution in [-0.2, 0) is 9.53 Å². The summed E-state index contributed by atoms with van der Waals surface area (Å²) in [4.78, 5) is 32.1. The summed E-state index contributed by atoms with van der Waals surface area (Å²) in [5.74, 6) is 0.747. The minimum absolute atomic E-state index is 0.0174. The Balaban J connectivity index is 1.56. The van der Waals surface area contributed by atoms with E-state index in [-0.39, 0.29) is 11.9 Å². The lowest BCUT2D eigenvalue weighted by Crippen LogP contribution is -2.47. The van der Waals surface area contributed by atoms with Crippen LogP contribution < -0.4 is 10.1 Å².